The van der Waals surface area contributed by atoms with Crippen molar-refractivity contribution in [3.8, 4) is 5.75 Å². The molecule has 2 aromatic heterocycles. The zero-order valence-electron chi connectivity index (χ0n) is 17.4. The predicted molar refractivity (Wildman–Crippen MR) is 121 cm³/mol. The van der Waals surface area contributed by atoms with Gasteiger partial charge in [0.25, 0.3) is 5.56 Å². The van der Waals surface area contributed by atoms with Gasteiger partial charge in [0.05, 0.1) is 34.6 Å². The maximum absolute atomic E-state index is 13.1. The lowest BCUT2D eigenvalue weighted by atomic mass is 10.2. The van der Waals surface area contributed by atoms with Crippen LogP contribution >= 0.6 is 11.8 Å². The van der Waals surface area contributed by atoms with Gasteiger partial charge in [-0.2, -0.15) is 8.78 Å². The second-order valence-corrected chi connectivity index (χ2v) is 8.31. The zero-order chi connectivity index (χ0) is 23.4. The molecule has 0 aliphatic rings. The second kappa shape index (κ2) is 9.86. The molecule has 0 aliphatic carbocycles. The third-order valence-electron chi connectivity index (χ3n) is 4.73. The largest absolute Gasteiger partial charge is 0.467 e. The van der Waals surface area contributed by atoms with E-state index in [9.17, 15) is 18.4 Å². The highest BCUT2D eigenvalue weighted by molar-refractivity contribution is 8.00. The number of furan rings is 1. The van der Waals surface area contributed by atoms with E-state index >= 15 is 0 Å². The highest BCUT2D eigenvalue weighted by atomic mass is 32.2. The molecule has 1 amide bonds. The summed E-state index contributed by atoms with van der Waals surface area (Å²) in [5.41, 5.74) is 0.362. The van der Waals surface area contributed by atoms with Crippen LogP contribution in [0.5, 0.6) is 5.75 Å². The van der Waals surface area contributed by atoms with Crippen LogP contribution in [0.2, 0.25) is 0 Å². The number of hydrogen-bond donors (Lipinski definition) is 1. The average Bonchev–Trinajstić information content (AvgIpc) is 3.30. The lowest BCUT2D eigenvalue weighted by Crippen LogP contribution is -2.27. The number of aromatic nitrogens is 2. The number of rotatable bonds is 8. The third-order valence-corrected chi connectivity index (χ3v) is 5.82. The Balaban J connectivity index is 1.61. The Morgan fingerprint density at radius 2 is 1.91 bits per heavy atom. The number of halogens is 2. The van der Waals surface area contributed by atoms with Crippen LogP contribution in [0.15, 0.2) is 81.3 Å². The number of carbonyl (C=O) groups excluding carboxylic acids is 1. The van der Waals surface area contributed by atoms with E-state index in [0.29, 0.717) is 21.8 Å². The number of fused-ring (bicyclic) bond motifs is 1. The van der Waals surface area contributed by atoms with Crippen molar-refractivity contribution in [2.24, 2.45) is 0 Å². The Kier molecular flexibility index (Phi) is 6.74. The molecule has 4 aromatic rings. The van der Waals surface area contributed by atoms with Gasteiger partial charge in [0, 0.05) is 0 Å². The van der Waals surface area contributed by atoms with Crippen molar-refractivity contribution in [1.82, 2.24) is 9.55 Å². The predicted octanol–water partition coefficient (Wildman–Crippen LogP) is 4.76. The van der Waals surface area contributed by atoms with Gasteiger partial charge in [-0.25, -0.2) is 4.98 Å². The molecule has 1 unspecified atom stereocenters. The number of benzene rings is 2. The number of alkyl halides is 2. The molecule has 7 nitrogen and oxygen atoms in total. The monoisotopic (exact) mass is 471 g/mol. The van der Waals surface area contributed by atoms with E-state index in [-0.39, 0.29) is 23.5 Å². The zero-order valence-corrected chi connectivity index (χ0v) is 18.2. The molecule has 170 valence electrons. The van der Waals surface area contributed by atoms with Gasteiger partial charge in [0.2, 0.25) is 5.91 Å². The summed E-state index contributed by atoms with van der Waals surface area (Å²) in [7, 11) is 0. The topological polar surface area (TPSA) is 86.4 Å². The fourth-order valence-corrected chi connectivity index (χ4v) is 4.06. The van der Waals surface area contributed by atoms with Gasteiger partial charge in [0.1, 0.15) is 11.5 Å². The minimum absolute atomic E-state index is 0.120. The molecule has 0 saturated carbocycles. The van der Waals surface area contributed by atoms with Crippen LogP contribution in [0.25, 0.3) is 10.9 Å². The summed E-state index contributed by atoms with van der Waals surface area (Å²) in [6.45, 7) is -1.24. The minimum atomic E-state index is -3.02. The standard InChI is InChI=1S/C23H19F2N3O4S/c1-14(20(29)26-18-10-4-5-11-19(18)32-22(24)25)33-23-27-17-9-3-2-8-16(17)21(30)28(23)13-15-7-6-12-31-15/h2-12,14,22H,13H2,1H3,(H,26,29). The van der Waals surface area contributed by atoms with Crippen molar-refractivity contribution in [3.63, 3.8) is 0 Å². The molecule has 0 saturated heterocycles. The third kappa shape index (κ3) is 5.23. The molecule has 33 heavy (non-hydrogen) atoms. The average molecular weight is 471 g/mol. The second-order valence-electron chi connectivity index (χ2n) is 7.01. The number of nitrogens with zero attached hydrogens (tertiary/aromatic N) is 2. The van der Waals surface area contributed by atoms with Gasteiger partial charge in [-0.1, -0.05) is 36.0 Å². The molecule has 0 aliphatic heterocycles. The first-order chi connectivity index (χ1) is 15.9. The number of carbonyl (C=O) groups is 1. The van der Waals surface area contributed by atoms with E-state index in [1.807, 2.05) is 0 Å². The van der Waals surface area contributed by atoms with Crippen LogP contribution in [0, 0.1) is 0 Å². The molecule has 0 bridgehead atoms. The molecule has 10 heteroatoms. The maximum Gasteiger partial charge on any atom is 0.387 e. The van der Waals surface area contributed by atoms with Crippen LogP contribution in [-0.2, 0) is 11.3 Å². The number of ether oxygens (including phenoxy) is 1. The van der Waals surface area contributed by atoms with Crippen LogP contribution in [0.4, 0.5) is 14.5 Å². The Morgan fingerprint density at radius 3 is 2.67 bits per heavy atom. The van der Waals surface area contributed by atoms with E-state index in [1.165, 1.54) is 29.0 Å². The normalized spacial score (nSPS) is 12.1. The van der Waals surface area contributed by atoms with Crippen molar-refractivity contribution in [2.75, 3.05) is 5.32 Å². The number of hydrogen-bond acceptors (Lipinski definition) is 6. The summed E-state index contributed by atoms with van der Waals surface area (Å²) in [6.07, 6.45) is 1.51. The quantitative estimate of drug-likeness (QED) is 0.295. The molecule has 1 atom stereocenters. The molecule has 2 heterocycles. The van der Waals surface area contributed by atoms with Crippen molar-refractivity contribution >= 4 is 34.3 Å². The van der Waals surface area contributed by atoms with Gasteiger partial charge in [-0.3, -0.25) is 14.2 Å². The lowest BCUT2D eigenvalue weighted by molar-refractivity contribution is -0.115. The number of amides is 1. The van der Waals surface area contributed by atoms with E-state index < -0.39 is 17.8 Å². The van der Waals surface area contributed by atoms with E-state index in [1.54, 1.807) is 49.4 Å². The molecule has 0 fully saturated rings. The van der Waals surface area contributed by atoms with Crippen LogP contribution in [0.1, 0.15) is 12.7 Å². The smallest absolute Gasteiger partial charge is 0.387 e. The van der Waals surface area contributed by atoms with Gasteiger partial charge >= 0.3 is 6.61 Å². The van der Waals surface area contributed by atoms with Crippen molar-refractivity contribution in [3.05, 3.63) is 83.0 Å². The molecule has 0 spiro atoms. The van der Waals surface area contributed by atoms with E-state index in [0.717, 1.165) is 11.8 Å². The van der Waals surface area contributed by atoms with Crippen LogP contribution in [-0.4, -0.2) is 27.3 Å². The first-order valence-corrected chi connectivity index (χ1v) is 10.8. The molecular weight excluding hydrogens is 452 g/mol. The van der Waals surface area contributed by atoms with Gasteiger partial charge in [-0.05, 0) is 43.3 Å². The molecule has 0 radical (unpaired) electrons. The Morgan fingerprint density at radius 1 is 1.15 bits per heavy atom. The fourth-order valence-electron chi connectivity index (χ4n) is 3.15. The van der Waals surface area contributed by atoms with Crippen molar-refractivity contribution < 1.29 is 22.7 Å². The summed E-state index contributed by atoms with van der Waals surface area (Å²) in [5.74, 6) is -0.0416. The molecule has 2 aromatic carbocycles. The molecule has 1 N–H and O–H groups in total. The van der Waals surface area contributed by atoms with E-state index in [4.69, 9.17) is 4.42 Å². The Hall–Kier alpha value is -3.66. The first kappa shape index (κ1) is 22.5. The molecular formula is C23H19F2N3O4S. The first-order valence-electron chi connectivity index (χ1n) is 9.95. The Labute approximate surface area is 191 Å². The van der Waals surface area contributed by atoms with Gasteiger partial charge in [0.15, 0.2) is 5.16 Å². The van der Waals surface area contributed by atoms with Crippen LogP contribution in [0.3, 0.4) is 0 Å². The summed E-state index contributed by atoms with van der Waals surface area (Å²) < 4.78 is 36.6. The van der Waals surface area contributed by atoms with Gasteiger partial charge < -0.3 is 14.5 Å². The lowest BCUT2D eigenvalue weighted by Gasteiger charge is -2.17. The van der Waals surface area contributed by atoms with Gasteiger partial charge in [-0.15, -0.1) is 0 Å². The Bertz CT molecular complexity index is 1330. The summed E-state index contributed by atoms with van der Waals surface area (Å²) in [5, 5.41) is 2.67. The van der Waals surface area contributed by atoms with Crippen molar-refractivity contribution in [1.29, 1.82) is 0 Å². The minimum Gasteiger partial charge on any atom is -0.467 e. The number of anilines is 1. The SMILES string of the molecule is CC(Sc1nc2ccccc2c(=O)n1Cc1ccco1)C(=O)Nc1ccccc1OC(F)F. The fraction of sp³-hybridized carbons (Fsp3) is 0.174. The maximum atomic E-state index is 13.1. The summed E-state index contributed by atoms with van der Waals surface area (Å²) in [4.78, 5) is 30.6. The number of nitrogens with one attached hydrogen (secondary N) is 1. The summed E-state index contributed by atoms with van der Waals surface area (Å²) in [6, 6.07) is 16.3. The van der Waals surface area contributed by atoms with E-state index in [2.05, 4.69) is 15.0 Å². The molecule has 4 rings (SSSR count). The highest BCUT2D eigenvalue weighted by Gasteiger charge is 2.21. The highest BCUT2D eigenvalue weighted by Crippen LogP contribution is 2.28. The van der Waals surface area contributed by atoms with Crippen molar-refractivity contribution in [2.45, 2.75) is 30.5 Å². The number of para-hydroxylation sites is 3. The van der Waals surface area contributed by atoms with Crippen LogP contribution < -0.4 is 15.6 Å². The number of thioether (sulfide) groups is 1. The summed E-state index contributed by atoms with van der Waals surface area (Å²) >= 11 is 1.08.